The second-order valence-corrected chi connectivity index (χ2v) is 5.13. The number of halogens is 2. The zero-order chi connectivity index (χ0) is 12.3. The highest BCUT2D eigenvalue weighted by atomic mass is 127. The van der Waals surface area contributed by atoms with Gasteiger partial charge in [0.1, 0.15) is 11.9 Å². The van der Waals surface area contributed by atoms with Gasteiger partial charge in [-0.2, -0.15) is 0 Å². The molecule has 0 saturated carbocycles. The molecule has 92 valence electrons. The van der Waals surface area contributed by atoms with Crippen LogP contribution in [-0.4, -0.2) is 18.6 Å². The van der Waals surface area contributed by atoms with Gasteiger partial charge in [-0.05, 0) is 60.1 Å². The zero-order valence-electron chi connectivity index (χ0n) is 9.21. The van der Waals surface area contributed by atoms with Gasteiger partial charge in [-0.3, -0.25) is 4.79 Å². The quantitative estimate of drug-likeness (QED) is 0.834. The predicted octanol–water partition coefficient (Wildman–Crippen LogP) is 2.94. The Morgan fingerprint density at radius 2 is 2.29 bits per heavy atom. The van der Waals surface area contributed by atoms with E-state index in [9.17, 15) is 9.18 Å². The van der Waals surface area contributed by atoms with Crippen LogP contribution in [0.25, 0.3) is 0 Å². The first kappa shape index (κ1) is 12.8. The Labute approximate surface area is 113 Å². The Morgan fingerprint density at radius 1 is 1.47 bits per heavy atom. The van der Waals surface area contributed by atoms with Crippen LogP contribution in [0.1, 0.15) is 19.3 Å². The fraction of sp³-hybridized carbons (Fsp3) is 0.417. The largest absolute Gasteiger partial charge is 0.368 e. The summed E-state index contributed by atoms with van der Waals surface area (Å²) in [6.07, 6.45) is 2.41. The van der Waals surface area contributed by atoms with Crippen LogP contribution in [0.5, 0.6) is 0 Å². The lowest BCUT2D eigenvalue weighted by Crippen LogP contribution is -2.33. The number of nitrogens with one attached hydrogen (secondary N) is 1. The normalized spacial score (nSPS) is 20.0. The van der Waals surface area contributed by atoms with Gasteiger partial charge in [-0.15, -0.1) is 0 Å². The van der Waals surface area contributed by atoms with Crippen LogP contribution in [-0.2, 0) is 9.53 Å². The van der Waals surface area contributed by atoms with Gasteiger partial charge >= 0.3 is 0 Å². The molecule has 5 heteroatoms. The van der Waals surface area contributed by atoms with Gasteiger partial charge in [0.2, 0.25) is 0 Å². The minimum Gasteiger partial charge on any atom is -0.368 e. The molecule has 1 fully saturated rings. The molecule has 0 spiro atoms. The van der Waals surface area contributed by atoms with E-state index in [1.165, 1.54) is 12.1 Å². The highest BCUT2D eigenvalue weighted by Crippen LogP contribution is 2.21. The van der Waals surface area contributed by atoms with Gasteiger partial charge < -0.3 is 10.1 Å². The lowest BCUT2D eigenvalue weighted by Gasteiger charge is -2.21. The lowest BCUT2D eigenvalue weighted by molar-refractivity contribution is -0.129. The van der Waals surface area contributed by atoms with Crippen LogP contribution in [0, 0.1) is 9.39 Å². The third kappa shape index (κ3) is 3.38. The number of amides is 1. The summed E-state index contributed by atoms with van der Waals surface area (Å²) in [5, 5.41) is 2.77. The molecule has 1 N–H and O–H groups in total. The molecule has 1 unspecified atom stereocenters. The number of hydrogen-bond donors (Lipinski definition) is 1. The topological polar surface area (TPSA) is 38.3 Å². The van der Waals surface area contributed by atoms with Gasteiger partial charge in [-0.1, -0.05) is 0 Å². The number of carbonyl (C=O) groups is 1. The SMILES string of the molecule is O=C(Nc1ccc(F)cc1I)C1CCCCO1. The minimum absolute atomic E-state index is 0.144. The summed E-state index contributed by atoms with van der Waals surface area (Å²) < 4.78 is 19.0. The van der Waals surface area contributed by atoms with Crippen LogP contribution < -0.4 is 5.32 Å². The summed E-state index contributed by atoms with van der Waals surface area (Å²) in [5.41, 5.74) is 0.631. The van der Waals surface area contributed by atoms with Crippen molar-refractivity contribution in [2.24, 2.45) is 0 Å². The molecular formula is C12H13FINO2. The summed E-state index contributed by atoms with van der Waals surface area (Å²) in [4.78, 5) is 11.9. The Balaban J connectivity index is 2.02. The fourth-order valence-electron chi connectivity index (χ4n) is 1.75. The number of ether oxygens (including phenoxy) is 1. The second kappa shape index (κ2) is 5.77. The van der Waals surface area contributed by atoms with Gasteiger partial charge in [0.15, 0.2) is 0 Å². The monoisotopic (exact) mass is 349 g/mol. The number of hydrogen-bond acceptors (Lipinski definition) is 2. The molecule has 1 heterocycles. The maximum absolute atomic E-state index is 12.9. The highest BCUT2D eigenvalue weighted by Gasteiger charge is 2.22. The maximum Gasteiger partial charge on any atom is 0.253 e. The van der Waals surface area contributed by atoms with Crippen molar-refractivity contribution in [2.75, 3.05) is 11.9 Å². The fourth-order valence-corrected chi connectivity index (χ4v) is 2.36. The summed E-state index contributed by atoms with van der Waals surface area (Å²) in [7, 11) is 0. The van der Waals surface area contributed by atoms with Crippen molar-refractivity contribution >= 4 is 34.2 Å². The first-order valence-corrected chi connectivity index (χ1v) is 6.62. The molecule has 0 aromatic heterocycles. The molecule has 1 aliphatic heterocycles. The molecule has 0 radical (unpaired) electrons. The summed E-state index contributed by atoms with van der Waals surface area (Å²) >= 11 is 1.99. The van der Waals surface area contributed by atoms with E-state index < -0.39 is 0 Å². The molecule has 0 aliphatic carbocycles. The van der Waals surface area contributed by atoms with Crippen LogP contribution in [0.3, 0.4) is 0 Å². The molecule has 2 rings (SSSR count). The number of benzene rings is 1. The number of carbonyl (C=O) groups excluding carboxylic acids is 1. The van der Waals surface area contributed by atoms with Gasteiger partial charge in [0, 0.05) is 10.2 Å². The molecule has 3 nitrogen and oxygen atoms in total. The maximum atomic E-state index is 12.9. The molecule has 1 aromatic rings. The lowest BCUT2D eigenvalue weighted by atomic mass is 10.1. The summed E-state index contributed by atoms with van der Waals surface area (Å²) in [5.74, 6) is -0.449. The van der Waals surface area contributed by atoms with E-state index in [1.54, 1.807) is 6.07 Å². The average molecular weight is 349 g/mol. The molecule has 1 atom stereocenters. The minimum atomic E-state index is -0.371. The first-order valence-electron chi connectivity index (χ1n) is 5.54. The third-order valence-electron chi connectivity index (χ3n) is 2.66. The van der Waals surface area contributed by atoms with Crippen LogP contribution in [0.4, 0.5) is 10.1 Å². The van der Waals surface area contributed by atoms with Crippen LogP contribution in [0.15, 0.2) is 18.2 Å². The van der Waals surface area contributed by atoms with Crippen molar-refractivity contribution in [3.05, 3.63) is 27.6 Å². The van der Waals surface area contributed by atoms with E-state index in [1.807, 2.05) is 22.6 Å². The Kier molecular flexibility index (Phi) is 4.33. The standard InChI is InChI=1S/C12H13FINO2/c13-8-4-5-10(9(14)7-8)15-12(16)11-3-1-2-6-17-11/h4-5,7,11H,1-3,6H2,(H,15,16). The Hall–Kier alpha value is -0.690. The molecule has 1 amide bonds. The van der Waals surface area contributed by atoms with Crippen molar-refractivity contribution in [2.45, 2.75) is 25.4 Å². The third-order valence-corrected chi connectivity index (χ3v) is 3.55. The molecule has 1 aliphatic rings. The molecule has 1 aromatic carbocycles. The van der Waals surface area contributed by atoms with E-state index in [-0.39, 0.29) is 17.8 Å². The molecule has 1 saturated heterocycles. The summed E-state index contributed by atoms with van der Waals surface area (Å²) in [6, 6.07) is 4.29. The summed E-state index contributed by atoms with van der Waals surface area (Å²) in [6.45, 7) is 0.637. The highest BCUT2D eigenvalue weighted by molar-refractivity contribution is 14.1. The Bertz CT molecular complexity index is 419. The smallest absolute Gasteiger partial charge is 0.253 e. The molecular weight excluding hydrogens is 336 g/mol. The zero-order valence-corrected chi connectivity index (χ0v) is 11.4. The van der Waals surface area contributed by atoms with Crippen molar-refractivity contribution in [1.82, 2.24) is 0 Å². The van der Waals surface area contributed by atoms with Crippen molar-refractivity contribution in [3.63, 3.8) is 0 Å². The van der Waals surface area contributed by atoms with Gasteiger partial charge in [0.25, 0.3) is 5.91 Å². The number of rotatable bonds is 2. The second-order valence-electron chi connectivity index (χ2n) is 3.97. The van der Waals surface area contributed by atoms with Gasteiger partial charge in [-0.25, -0.2) is 4.39 Å². The van der Waals surface area contributed by atoms with E-state index >= 15 is 0 Å². The first-order chi connectivity index (χ1) is 8.16. The van der Waals surface area contributed by atoms with E-state index in [0.29, 0.717) is 15.9 Å². The van der Waals surface area contributed by atoms with E-state index in [0.717, 1.165) is 19.3 Å². The molecule has 17 heavy (non-hydrogen) atoms. The average Bonchev–Trinajstić information content (AvgIpc) is 2.34. The molecule has 0 bridgehead atoms. The Morgan fingerprint density at radius 3 is 2.94 bits per heavy atom. The van der Waals surface area contributed by atoms with Gasteiger partial charge in [0.05, 0.1) is 5.69 Å². The van der Waals surface area contributed by atoms with Crippen molar-refractivity contribution < 1.29 is 13.9 Å². The van der Waals surface area contributed by atoms with E-state index in [2.05, 4.69) is 5.32 Å². The van der Waals surface area contributed by atoms with Crippen LogP contribution in [0.2, 0.25) is 0 Å². The van der Waals surface area contributed by atoms with Crippen molar-refractivity contribution in [1.29, 1.82) is 0 Å². The van der Waals surface area contributed by atoms with E-state index in [4.69, 9.17) is 4.74 Å². The number of anilines is 1. The van der Waals surface area contributed by atoms with Crippen LogP contribution >= 0.6 is 22.6 Å². The van der Waals surface area contributed by atoms with Crippen molar-refractivity contribution in [3.8, 4) is 0 Å². The predicted molar refractivity (Wildman–Crippen MR) is 71.3 cm³/mol.